The molecule has 2 fully saturated rings. The fourth-order valence-electron chi connectivity index (χ4n) is 4.81. The monoisotopic (exact) mass is 460 g/mol. The number of nitrogens with zero attached hydrogens (tertiary/aromatic N) is 5. The van der Waals surface area contributed by atoms with Crippen LogP contribution in [0, 0.1) is 5.82 Å². The number of carbonyl (C=O) groups is 1. The lowest BCUT2D eigenvalue weighted by Crippen LogP contribution is -2.29. The predicted octanol–water partition coefficient (Wildman–Crippen LogP) is 3.26. The third kappa shape index (κ3) is 3.47. The number of benzene rings is 1. The van der Waals surface area contributed by atoms with Crippen LogP contribution in [0.15, 0.2) is 36.5 Å². The van der Waals surface area contributed by atoms with Crippen LogP contribution in [0.2, 0.25) is 0 Å². The first-order valence-electron chi connectivity index (χ1n) is 11.6. The van der Waals surface area contributed by atoms with E-state index in [-0.39, 0.29) is 24.1 Å². The highest BCUT2D eigenvalue weighted by Crippen LogP contribution is 2.42. The summed E-state index contributed by atoms with van der Waals surface area (Å²) in [6.07, 6.45) is 4.60. The van der Waals surface area contributed by atoms with Gasteiger partial charge in [-0.3, -0.25) is 14.7 Å². The molecule has 3 aliphatic rings. The van der Waals surface area contributed by atoms with Crippen LogP contribution < -0.4 is 20.3 Å². The Morgan fingerprint density at radius 3 is 2.76 bits per heavy atom. The molecule has 34 heavy (non-hydrogen) atoms. The molecule has 1 aromatic carbocycles. The molecule has 174 valence electrons. The van der Waals surface area contributed by atoms with E-state index in [1.165, 1.54) is 19.4 Å². The number of halogens is 1. The maximum Gasteiger partial charge on any atom is 0.260 e. The van der Waals surface area contributed by atoms with Crippen LogP contribution in [0.5, 0.6) is 5.75 Å². The molecule has 2 N–H and O–H groups in total. The molecule has 0 bridgehead atoms. The summed E-state index contributed by atoms with van der Waals surface area (Å²) < 4.78 is 20.3. The molecule has 1 amide bonds. The normalized spacial score (nSPS) is 19.6. The van der Waals surface area contributed by atoms with Crippen molar-refractivity contribution in [2.24, 2.45) is 5.73 Å². The van der Waals surface area contributed by atoms with Crippen LogP contribution in [-0.4, -0.2) is 47.1 Å². The van der Waals surface area contributed by atoms with Gasteiger partial charge in [-0.2, -0.15) is 4.98 Å². The smallest absolute Gasteiger partial charge is 0.260 e. The number of ether oxygens (including phenoxy) is 1. The maximum atomic E-state index is 14.9. The van der Waals surface area contributed by atoms with Crippen molar-refractivity contribution in [2.75, 3.05) is 30.0 Å². The first kappa shape index (κ1) is 21.0. The van der Waals surface area contributed by atoms with E-state index in [0.717, 1.165) is 31.5 Å². The minimum absolute atomic E-state index is 0.0960. The van der Waals surface area contributed by atoms with Crippen molar-refractivity contribution in [1.29, 1.82) is 0 Å². The van der Waals surface area contributed by atoms with Gasteiger partial charge in [-0.05, 0) is 37.5 Å². The molecule has 2 aromatic heterocycles. The molecule has 0 spiro atoms. The lowest BCUT2D eigenvalue weighted by Gasteiger charge is -2.21. The van der Waals surface area contributed by atoms with E-state index in [9.17, 15) is 9.18 Å². The second-order valence-corrected chi connectivity index (χ2v) is 9.11. The molecule has 9 heteroatoms. The molecular formula is C25H25FN6O2. The summed E-state index contributed by atoms with van der Waals surface area (Å²) in [4.78, 5) is 31.2. The number of anilines is 2. The highest BCUT2D eigenvalue weighted by molar-refractivity contribution is 6.10. The zero-order valence-electron chi connectivity index (χ0n) is 18.9. The molecular weight excluding hydrogens is 435 g/mol. The fourth-order valence-corrected chi connectivity index (χ4v) is 4.81. The Morgan fingerprint density at radius 1 is 1.18 bits per heavy atom. The first-order chi connectivity index (χ1) is 16.5. The van der Waals surface area contributed by atoms with Gasteiger partial charge in [0, 0.05) is 48.4 Å². The van der Waals surface area contributed by atoms with E-state index < -0.39 is 5.82 Å². The number of nitrogens with two attached hydrogens (primary N) is 1. The van der Waals surface area contributed by atoms with Gasteiger partial charge >= 0.3 is 0 Å². The Morgan fingerprint density at radius 2 is 2.03 bits per heavy atom. The average Bonchev–Trinajstić information content (AvgIpc) is 3.53. The molecule has 3 aromatic rings. The summed E-state index contributed by atoms with van der Waals surface area (Å²) in [6.45, 7) is 1.74. The lowest BCUT2D eigenvalue weighted by molar-refractivity contribution is 0.0996. The zero-order chi connectivity index (χ0) is 23.4. The number of pyridine rings is 1. The van der Waals surface area contributed by atoms with Crippen LogP contribution in [-0.2, 0) is 6.54 Å². The molecule has 2 aliphatic heterocycles. The molecule has 1 saturated heterocycles. The highest BCUT2D eigenvalue weighted by atomic mass is 19.1. The first-order valence-corrected chi connectivity index (χ1v) is 11.6. The highest BCUT2D eigenvalue weighted by Gasteiger charge is 2.36. The number of hydrogen-bond donors (Lipinski definition) is 1. The number of amides is 1. The van der Waals surface area contributed by atoms with Gasteiger partial charge < -0.3 is 15.4 Å². The van der Waals surface area contributed by atoms with E-state index in [2.05, 4.69) is 9.88 Å². The van der Waals surface area contributed by atoms with Crippen molar-refractivity contribution < 1.29 is 13.9 Å². The lowest BCUT2D eigenvalue weighted by atomic mass is 10.0. The SMILES string of the molecule is COc1cccc(F)c1-c1nccc2c1CN(c1cc(C3CC3)nc(N3CC[C@@H](N)C3)n1)C2=O. The van der Waals surface area contributed by atoms with Crippen molar-refractivity contribution in [3.63, 3.8) is 0 Å². The minimum Gasteiger partial charge on any atom is -0.496 e. The Balaban J connectivity index is 1.42. The number of rotatable bonds is 5. The fraction of sp³-hybridized carbons (Fsp3) is 0.360. The number of fused-ring (bicyclic) bond motifs is 1. The Hall–Kier alpha value is -3.59. The summed E-state index contributed by atoms with van der Waals surface area (Å²) in [5.41, 5.74) is 8.88. The predicted molar refractivity (Wildman–Crippen MR) is 126 cm³/mol. The van der Waals surface area contributed by atoms with E-state index in [1.807, 2.05) is 6.07 Å². The van der Waals surface area contributed by atoms with Crippen LogP contribution in [0.3, 0.4) is 0 Å². The third-order valence-corrected chi connectivity index (χ3v) is 6.78. The summed E-state index contributed by atoms with van der Waals surface area (Å²) in [7, 11) is 1.49. The van der Waals surface area contributed by atoms with Gasteiger partial charge in [0.15, 0.2) is 0 Å². The standard InChI is InChI=1S/C25H25FN6O2/c1-34-20-4-2-3-18(26)22(20)23-17-13-32(24(33)16(17)7-9-28-23)21-11-19(14-5-6-14)29-25(30-21)31-10-8-15(27)12-31/h2-4,7,9,11,14-15H,5-6,8,10,12-13,27H2,1H3/t15-/m1/s1. The Kier molecular flexibility index (Phi) is 4.95. The molecule has 0 radical (unpaired) electrons. The van der Waals surface area contributed by atoms with E-state index in [1.54, 1.807) is 23.1 Å². The number of aromatic nitrogens is 3. The second kappa shape index (κ2) is 8.02. The summed E-state index contributed by atoms with van der Waals surface area (Å²) in [6, 6.07) is 8.33. The van der Waals surface area contributed by atoms with Gasteiger partial charge in [0.25, 0.3) is 5.91 Å². The van der Waals surface area contributed by atoms with Gasteiger partial charge in [0.1, 0.15) is 17.4 Å². The summed E-state index contributed by atoms with van der Waals surface area (Å²) >= 11 is 0. The Labute approximate surface area is 196 Å². The van der Waals surface area contributed by atoms with Crippen LogP contribution in [0.1, 0.15) is 46.8 Å². The zero-order valence-corrected chi connectivity index (χ0v) is 18.9. The van der Waals surface area contributed by atoms with Crippen molar-refractivity contribution in [1.82, 2.24) is 15.0 Å². The summed E-state index contributed by atoms with van der Waals surface area (Å²) in [5.74, 6) is 1.31. The number of hydrogen-bond acceptors (Lipinski definition) is 7. The van der Waals surface area contributed by atoms with Crippen LogP contribution in [0.25, 0.3) is 11.3 Å². The Bertz CT molecular complexity index is 1290. The molecule has 0 unspecified atom stereocenters. The topological polar surface area (TPSA) is 97.5 Å². The van der Waals surface area contributed by atoms with Gasteiger partial charge in [0.2, 0.25) is 5.95 Å². The molecule has 8 nitrogen and oxygen atoms in total. The van der Waals surface area contributed by atoms with Crippen LogP contribution in [0.4, 0.5) is 16.2 Å². The quantitative estimate of drug-likeness (QED) is 0.624. The maximum absolute atomic E-state index is 14.9. The van der Waals surface area contributed by atoms with Gasteiger partial charge in [-0.1, -0.05) is 6.07 Å². The van der Waals surface area contributed by atoms with E-state index in [4.69, 9.17) is 20.4 Å². The van der Waals surface area contributed by atoms with Crippen LogP contribution >= 0.6 is 0 Å². The number of carbonyl (C=O) groups excluding carboxylic acids is 1. The van der Waals surface area contributed by atoms with Gasteiger partial charge in [-0.25, -0.2) is 9.37 Å². The molecule has 1 atom stereocenters. The van der Waals surface area contributed by atoms with Crippen molar-refractivity contribution >= 4 is 17.7 Å². The van der Waals surface area contributed by atoms with Gasteiger partial charge in [-0.15, -0.1) is 0 Å². The van der Waals surface area contributed by atoms with Crippen molar-refractivity contribution in [3.8, 4) is 17.0 Å². The number of methoxy groups -OCH3 is 1. The largest absolute Gasteiger partial charge is 0.496 e. The van der Waals surface area contributed by atoms with Crippen molar-refractivity contribution in [3.05, 3.63) is 59.2 Å². The third-order valence-electron chi connectivity index (χ3n) is 6.78. The van der Waals surface area contributed by atoms with Crippen molar-refractivity contribution in [2.45, 2.75) is 37.8 Å². The van der Waals surface area contributed by atoms with E-state index in [0.29, 0.717) is 46.8 Å². The van der Waals surface area contributed by atoms with E-state index >= 15 is 0 Å². The molecule has 1 aliphatic carbocycles. The minimum atomic E-state index is -0.447. The summed E-state index contributed by atoms with van der Waals surface area (Å²) in [5, 5.41) is 0. The second-order valence-electron chi connectivity index (χ2n) is 9.11. The van der Waals surface area contributed by atoms with Gasteiger partial charge in [0.05, 0.1) is 30.6 Å². The molecule has 4 heterocycles. The molecule has 1 saturated carbocycles. The molecule has 6 rings (SSSR count). The average molecular weight is 461 g/mol.